The van der Waals surface area contributed by atoms with E-state index in [4.69, 9.17) is 0 Å². The minimum Gasteiger partial charge on any atom is -0.321 e. The van der Waals surface area contributed by atoms with Crippen LogP contribution in [0.1, 0.15) is 33.8 Å². The number of aryl methyl sites for hydroxylation is 1. The predicted molar refractivity (Wildman–Crippen MR) is 115 cm³/mol. The summed E-state index contributed by atoms with van der Waals surface area (Å²) < 4.78 is 65.6. The topological polar surface area (TPSA) is 88.2 Å². The third-order valence-corrected chi connectivity index (χ3v) is 7.49. The molecule has 1 fully saturated rings. The molecule has 0 saturated heterocycles. The number of hydrogen-bond donors (Lipinski definition) is 2. The van der Waals surface area contributed by atoms with E-state index in [9.17, 15) is 26.4 Å². The molecular weight excluding hydrogens is 463 g/mol. The number of carbonyl (C=O) groups is 1. The van der Waals surface area contributed by atoms with Crippen molar-refractivity contribution in [2.24, 2.45) is 0 Å². The van der Waals surface area contributed by atoms with Crippen molar-refractivity contribution in [3.63, 3.8) is 0 Å². The number of alkyl halides is 3. The van der Waals surface area contributed by atoms with Crippen molar-refractivity contribution in [1.29, 1.82) is 0 Å². The highest BCUT2D eigenvalue weighted by Crippen LogP contribution is 2.33. The van der Waals surface area contributed by atoms with Crippen LogP contribution in [-0.4, -0.2) is 25.4 Å². The van der Waals surface area contributed by atoms with Gasteiger partial charge in [-0.15, -0.1) is 11.3 Å². The van der Waals surface area contributed by atoms with Crippen molar-refractivity contribution in [2.75, 3.05) is 5.32 Å². The van der Waals surface area contributed by atoms with Gasteiger partial charge in [-0.1, -0.05) is 18.2 Å². The standard InChI is InChI=1S/C21H18F3N3O3S2/c1-12-18(31-20(25-12)13-5-7-14(8-6-13)21(22,23)24)19(28)26-16-3-2-4-17(11-16)32(29,30)27-15-9-10-15/h2-8,11,15,27H,9-10H2,1H3,(H,26,28). The third-order valence-electron chi connectivity index (χ3n) is 4.76. The molecule has 0 unspecified atom stereocenters. The summed E-state index contributed by atoms with van der Waals surface area (Å²) in [5.74, 6) is -0.483. The summed E-state index contributed by atoms with van der Waals surface area (Å²) in [7, 11) is -3.67. The van der Waals surface area contributed by atoms with Crippen LogP contribution in [0.4, 0.5) is 18.9 Å². The molecule has 3 aromatic rings. The summed E-state index contributed by atoms with van der Waals surface area (Å²) in [4.78, 5) is 17.4. The first-order valence-electron chi connectivity index (χ1n) is 9.62. The van der Waals surface area contributed by atoms with E-state index in [-0.39, 0.29) is 15.8 Å². The second kappa shape index (κ2) is 8.30. The zero-order valence-electron chi connectivity index (χ0n) is 16.7. The van der Waals surface area contributed by atoms with Gasteiger partial charge < -0.3 is 5.32 Å². The first-order valence-corrected chi connectivity index (χ1v) is 11.9. The van der Waals surface area contributed by atoms with Crippen LogP contribution in [0.25, 0.3) is 10.6 Å². The molecule has 4 rings (SSSR count). The van der Waals surface area contributed by atoms with Gasteiger partial charge in [0.05, 0.1) is 16.2 Å². The molecule has 0 bridgehead atoms. The van der Waals surface area contributed by atoms with E-state index in [1.807, 2.05) is 0 Å². The molecule has 1 aliphatic carbocycles. The molecule has 0 radical (unpaired) electrons. The van der Waals surface area contributed by atoms with Crippen LogP contribution in [0.5, 0.6) is 0 Å². The van der Waals surface area contributed by atoms with Gasteiger partial charge >= 0.3 is 6.18 Å². The Bertz CT molecular complexity index is 1270. The highest BCUT2D eigenvalue weighted by molar-refractivity contribution is 7.89. The van der Waals surface area contributed by atoms with Crippen LogP contribution >= 0.6 is 11.3 Å². The molecule has 1 amide bonds. The Kier molecular flexibility index (Phi) is 5.82. The number of hydrogen-bond acceptors (Lipinski definition) is 5. The fourth-order valence-corrected chi connectivity index (χ4v) is 5.27. The Hall–Kier alpha value is -2.76. The van der Waals surface area contributed by atoms with Gasteiger partial charge in [0.2, 0.25) is 10.0 Å². The molecule has 2 aromatic carbocycles. The quantitative estimate of drug-likeness (QED) is 0.528. The Morgan fingerprint density at radius 3 is 2.44 bits per heavy atom. The second-order valence-corrected chi connectivity index (χ2v) is 10.1. The van der Waals surface area contributed by atoms with Crippen LogP contribution in [0, 0.1) is 6.92 Å². The average molecular weight is 482 g/mol. The van der Waals surface area contributed by atoms with E-state index in [1.165, 1.54) is 30.3 Å². The molecule has 11 heteroatoms. The number of benzene rings is 2. The normalized spacial score (nSPS) is 14.4. The lowest BCUT2D eigenvalue weighted by Gasteiger charge is -2.08. The maximum atomic E-state index is 12.8. The number of sulfonamides is 1. The lowest BCUT2D eigenvalue weighted by molar-refractivity contribution is -0.137. The van der Waals surface area contributed by atoms with E-state index in [1.54, 1.807) is 13.0 Å². The van der Waals surface area contributed by atoms with Gasteiger partial charge in [0.15, 0.2) is 0 Å². The monoisotopic (exact) mass is 481 g/mol. The summed E-state index contributed by atoms with van der Waals surface area (Å²) in [6, 6.07) is 10.4. The van der Waals surface area contributed by atoms with Crippen molar-refractivity contribution in [1.82, 2.24) is 9.71 Å². The van der Waals surface area contributed by atoms with Gasteiger partial charge in [-0.05, 0) is 50.1 Å². The van der Waals surface area contributed by atoms with Gasteiger partial charge in [0.25, 0.3) is 5.91 Å². The van der Waals surface area contributed by atoms with Crippen molar-refractivity contribution < 1.29 is 26.4 Å². The molecule has 1 heterocycles. The Morgan fingerprint density at radius 2 is 1.81 bits per heavy atom. The summed E-state index contributed by atoms with van der Waals surface area (Å²) >= 11 is 1.04. The molecule has 1 saturated carbocycles. The van der Waals surface area contributed by atoms with Crippen LogP contribution < -0.4 is 10.0 Å². The number of aromatic nitrogens is 1. The largest absolute Gasteiger partial charge is 0.416 e. The first-order chi connectivity index (χ1) is 15.0. The number of anilines is 1. The van der Waals surface area contributed by atoms with E-state index in [2.05, 4.69) is 15.0 Å². The Morgan fingerprint density at radius 1 is 1.12 bits per heavy atom. The number of amides is 1. The minimum atomic E-state index is -4.43. The average Bonchev–Trinajstić information content (AvgIpc) is 3.44. The van der Waals surface area contributed by atoms with Gasteiger partial charge in [-0.25, -0.2) is 18.1 Å². The van der Waals surface area contributed by atoms with Crippen molar-refractivity contribution in [3.05, 3.63) is 64.7 Å². The number of halogens is 3. The lowest BCUT2D eigenvalue weighted by atomic mass is 10.1. The zero-order valence-corrected chi connectivity index (χ0v) is 18.4. The lowest BCUT2D eigenvalue weighted by Crippen LogP contribution is -2.25. The molecule has 0 atom stereocenters. The fraction of sp³-hybridized carbons (Fsp3) is 0.238. The van der Waals surface area contributed by atoms with Gasteiger partial charge in [0, 0.05) is 17.3 Å². The fourth-order valence-electron chi connectivity index (χ4n) is 2.95. The van der Waals surface area contributed by atoms with E-state index < -0.39 is 27.7 Å². The van der Waals surface area contributed by atoms with Crippen molar-refractivity contribution in [3.8, 4) is 10.6 Å². The molecule has 168 valence electrons. The summed E-state index contributed by atoms with van der Waals surface area (Å²) in [6.45, 7) is 1.62. The van der Waals surface area contributed by atoms with Crippen LogP contribution in [0.15, 0.2) is 53.4 Å². The van der Waals surface area contributed by atoms with E-state index >= 15 is 0 Å². The molecular formula is C21H18F3N3O3S2. The van der Waals surface area contributed by atoms with Crippen LogP contribution in [-0.2, 0) is 16.2 Å². The SMILES string of the molecule is Cc1nc(-c2ccc(C(F)(F)F)cc2)sc1C(=O)Nc1cccc(S(=O)(=O)NC2CC2)c1. The molecule has 1 aliphatic rings. The van der Waals surface area contributed by atoms with Gasteiger partial charge in [-0.2, -0.15) is 13.2 Å². The molecule has 0 spiro atoms. The minimum absolute atomic E-state index is 0.0401. The summed E-state index contributed by atoms with van der Waals surface area (Å²) in [6.07, 6.45) is -2.82. The van der Waals surface area contributed by atoms with Crippen LogP contribution in [0.2, 0.25) is 0 Å². The number of nitrogens with one attached hydrogen (secondary N) is 2. The Balaban J connectivity index is 1.52. The number of thiazole rings is 1. The number of nitrogens with zero attached hydrogens (tertiary/aromatic N) is 1. The predicted octanol–water partition coefficient (Wildman–Crippen LogP) is 4.83. The highest BCUT2D eigenvalue weighted by atomic mass is 32.2. The zero-order chi connectivity index (χ0) is 23.1. The second-order valence-electron chi connectivity index (χ2n) is 7.39. The van der Waals surface area contributed by atoms with Gasteiger partial charge in [-0.3, -0.25) is 4.79 Å². The van der Waals surface area contributed by atoms with Gasteiger partial charge in [0.1, 0.15) is 9.88 Å². The molecule has 1 aromatic heterocycles. The molecule has 0 aliphatic heterocycles. The van der Waals surface area contributed by atoms with E-state index in [0.717, 1.165) is 36.3 Å². The molecule has 2 N–H and O–H groups in total. The smallest absolute Gasteiger partial charge is 0.321 e. The van der Waals surface area contributed by atoms with Crippen molar-refractivity contribution >= 4 is 33.0 Å². The highest BCUT2D eigenvalue weighted by Gasteiger charge is 2.30. The first kappa shape index (κ1) is 22.4. The van der Waals surface area contributed by atoms with Crippen molar-refractivity contribution in [2.45, 2.75) is 36.9 Å². The Labute approximate surface area is 186 Å². The number of carbonyl (C=O) groups excluding carboxylic acids is 1. The molecule has 32 heavy (non-hydrogen) atoms. The van der Waals surface area contributed by atoms with Crippen LogP contribution in [0.3, 0.4) is 0 Å². The summed E-state index contributed by atoms with van der Waals surface area (Å²) in [5.41, 5.74) is 0.419. The summed E-state index contributed by atoms with van der Waals surface area (Å²) in [5, 5.41) is 3.07. The molecule has 6 nitrogen and oxygen atoms in total. The van der Waals surface area contributed by atoms with E-state index in [0.29, 0.717) is 22.0 Å². The maximum absolute atomic E-state index is 12.8. The maximum Gasteiger partial charge on any atom is 0.416 e. The number of rotatable bonds is 6. The third kappa shape index (κ3) is 5.00.